The Bertz CT molecular complexity index is 33.8. The predicted molar refractivity (Wildman–Crippen MR) is 17.3 cm³/mol. The van der Waals surface area contributed by atoms with Gasteiger partial charge in [-0.25, -0.2) is 0 Å². The van der Waals surface area contributed by atoms with Gasteiger partial charge in [0.05, 0.1) is 0 Å². The van der Waals surface area contributed by atoms with Gasteiger partial charge in [-0.2, -0.15) is 0 Å². The quantitative estimate of drug-likeness (QED) is 0.332. The van der Waals surface area contributed by atoms with Gasteiger partial charge in [0, 0.05) is 26.2 Å². The second-order valence-electron chi connectivity index (χ2n) is 0.238. The van der Waals surface area contributed by atoms with Crippen molar-refractivity contribution in [3.63, 3.8) is 0 Å². The van der Waals surface area contributed by atoms with Crippen LogP contribution in [0.3, 0.4) is 0 Å². The molecule has 4 nitrogen and oxygen atoms in total. The van der Waals surface area contributed by atoms with E-state index >= 15 is 0 Å². The van der Waals surface area contributed by atoms with E-state index in [2.05, 4.69) is 0 Å². The van der Waals surface area contributed by atoms with Crippen molar-refractivity contribution in [1.82, 2.24) is 0 Å². The molecule has 6 heavy (non-hydrogen) atoms. The van der Waals surface area contributed by atoms with Crippen LogP contribution in [0, 0.1) is 10.1 Å². The van der Waals surface area contributed by atoms with E-state index in [0.717, 1.165) is 0 Å². The minimum absolute atomic E-state index is 0. The van der Waals surface area contributed by atoms with Crippen LogP contribution in [0.15, 0.2) is 0 Å². The second kappa shape index (κ2) is 9.38. The number of hydrogen-bond donors (Lipinski definition) is 1. The van der Waals surface area contributed by atoms with Gasteiger partial charge in [0.25, 0.3) is 5.09 Å². The molecule has 0 fully saturated rings. The summed E-state index contributed by atoms with van der Waals surface area (Å²) in [5, 5.41) is 13.6. The topological polar surface area (TPSA) is 63.4 Å². The third kappa shape index (κ3) is 79.5. The van der Waals surface area contributed by atoms with Crippen LogP contribution in [-0.4, -0.2) is 37.6 Å². The van der Waals surface area contributed by atoms with Crippen LogP contribution in [0.2, 0.25) is 0 Å². The van der Waals surface area contributed by atoms with Crippen LogP contribution in [0.4, 0.5) is 0 Å². The predicted octanol–water partition coefficient (Wildman–Crippen LogP) is -1.27. The normalized spacial score (nSPS) is 4.00. The standard InChI is InChI=1S/HNO3.Pb.Zr.2H/c2-1(3)4;;;;/h(H,2,3,4);;;;. The van der Waals surface area contributed by atoms with Gasteiger partial charge in [0.1, 0.15) is 0 Å². The Hall–Kier alpha value is 1.01. The van der Waals surface area contributed by atoms with Crippen molar-refractivity contribution in [2.45, 2.75) is 0 Å². The maximum absolute atomic E-state index is 8.36. The summed E-state index contributed by atoms with van der Waals surface area (Å²) < 4.78 is 0. The van der Waals surface area contributed by atoms with Gasteiger partial charge in [-0.05, 0) is 0 Å². The van der Waals surface area contributed by atoms with Gasteiger partial charge in [-0.15, -0.1) is 10.1 Å². The largest absolute Gasteiger partial charge is 0 e. The monoisotopic (exact) mass is 363 g/mol. The first-order chi connectivity index (χ1) is 1.73. The van der Waals surface area contributed by atoms with E-state index in [0.29, 0.717) is 0 Å². The molecule has 0 bridgehead atoms. The van der Waals surface area contributed by atoms with Gasteiger partial charge in [-0.1, -0.05) is 0 Å². The Balaban J connectivity index is -0.0000000450. The number of rotatable bonds is 0. The average molecular weight is 363 g/mol. The Labute approximate surface area is 73.3 Å². The van der Waals surface area contributed by atoms with E-state index in [1.165, 1.54) is 0 Å². The van der Waals surface area contributed by atoms with Crippen molar-refractivity contribution < 1.29 is 36.5 Å². The molecule has 0 heterocycles. The third-order valence-electron chi connectivity index (χ3n) is 0. The van der Waals surface area contributed by atoms with Crippen LogP contribution in [-0.2, 0) is 26.2 Å². The molecule has 34 valence electrons. The summed E-state index contributed by atoms with van der Waals surface area (Å²) in [6.45, 7) is 0. The van der Waals surface area contributed by atoms with Crippen molar-refractivity contribution in [2.24, 2.45) is 0 Å². The van der Waals surface area contributed by atoms with Gasteiger partial charge < -0.3 is 5.21 Å². The second-order valence-corrected chi connectivity index (χ2v) is 0.238. The summed E-state index contributed by atoms with van der Waals surface area (Å²) in [4.78, 5) is 8.36. The van der Waals surface area contributed by atoms with Crippen molar-refractivity contribution in [3.05, 3.63) is 10.1 Å². The number of nitrogens with zero attached hydrogens (tertiary/aromatic N) is 1. The Morgan fingerprint density at radius 3 is 1.67 bits per heavy atom. The van der Waals surface area contributed by atoms with Gasteiger partial charge in [0.2, 0.25) is 0 Å². The molecule has 0 aromatic rings. The van der Waals surface area contributed by atoms with Crippen LogP contribution < -0.4 is 0 Å². The van der Waals surface area contributed by atoms with Crippen LogP contribution >= 0.6 is 0 Å². The van der Waals surface area contributed by atoms with Crippen molar-refractivity contribution >= 4 is 27.3 Å². The molecule has 0 aliphatic carbocycles. The van der Waals surface area contributed by atoms with E-state index in [4.69, 9.17) is 15.3 Å². The first kappa shape index (κ1) is 15.7. The van der Waals surface area contributed by atoms with Crippen molar-refractivity contribution in [2.75, 3.05) is 0 Å². The smallest absolute Gasteiger partial charge is 0 e. The summed E-state index contributed by atoms with van der Waals surface area (Å²) in [6.07, 6.45) is 0. The molecule has 0 aromatic carbocycles. The van der Waals surface area contributed by atoms with Gasteiger partial charge in [-0.3, -0.25) is 0 Å². The third-order valence-corrected chi connectivity index (χ3v) is 0. The maximum atomic E-state index is 8.36. The van der Waals surface area contributed by atoms with E-state index in [1.54, 1.807) is 0 Å². The van der Waals surface area contributed by atoms with Crippen LogP contribution in [0.1, 0.15) is 0 Å². The zero-order valence-corrected chi connectivity index (χ0v) is 10.9. The molecule has 0 aliphatic rings. The molecule has 0 spiro atoms. The van der Waals surface area contributed by atoms with E-state index < -0.39 is 5.09 Å². The van der Waals surface area contributed by atoms with E-state index in [1.807, 2.05) is 0 Å². The van der Waals surface area contributed by atoms with Crippen LogP contribution in [0.5, 0.6) is 0 Å². The molecular formula is H3NO3PbZr. The molecule has 0 saturated carbocycles. The minimum atomic E-state index is -1.50. The molecule has 0 rings (SSSR count). The fourth-order valence-corrected chi connectivity index (χ4v) is 0. The molecule has 2 radical (unpaired) electrons. The van der Waals surface area contributed by atoms with Crippen molar-refractivity contribution in [1.29, 1.82) is 0 Å². The number of hydrogen-bond acceptors (Lipinski definition) is 2. The zero-order valence-electron chi connectivity index (χ0n) is 2.92. The molecule has 0 unspecified atom stereocenters. The first-order valence-corrected chi connectivity index (χ1v) is 0.565. The molecule has 0 saturated heterocycles. The van der Waals surface area contributed by atoms with E-state index in [9.17, 15) is 0 Å². The van der Waals surface area contributed by atoms with Gasteiger partial charge in [0.15, 0.2) is 0 Å². The van der Waals surface area contributed by atoms with Crippen molar-refractivity contribution in [3.8, 4) is 0 Å². The summed E-state index contributed by atoms with van der Waals surface area (Å²) >= 11 is 0. The molecular weight excluding hydrogens is 360 g/mol. The van der Waals surface area contributed by atoms with Crippen LogP contribution in [0.25, 0.3) is 0 Å². The maximum Gasteiger partial charge on any atom is 0 e. The Morgan fingerprint density at radius 1 is 1.67 bits per heavy atom. The fraction of sp³-hybridized carbons (Fsp3) is 0. The summed E-state index contributed by atoms with van der Waals surface area (Å²) in [5.74, 6) is 0. The SMILES string of the molecule is O=[N+]([O-])O.[PbH2].[Zr]. The molecule has 0 aromatic heterocycles. The zero-order chi connectivity index (χ0) is 3.58. The fourth-order valence-electron chi connectivity index (χ4n) is 0. The summed E-state index contributed by atoms with van der Waals surface area (Å²) in [7, 11) is 0. The van der Waals surface area contributed by atoms with E-state index in [-0.39, 0.29) is 53.5 Å². The first-order valence-electron chi connectivity index (χ1n) is 0.565. The molecule has 0 atom stereocenters. The Kier molecular flexibility index (Phi) is 24.6. The summed E-state index contributed by atoms with van der Waals surface area (Å²) in [5.41, 5.74) is 0. The molecule has 1 N–H and O–H groups in total. The van der Waals surface area contributed by atoms with Gasteiger partial charge >= 0.3 is 27.3 Å². The summed E-state index contributed by atoms with van der Waals surface area (Å²) in [6, 6.07) is 0. The molecule has 0 aliphatic heterocycles. The minimum Gasteiger partial charge on any atom is 0 e. The average Bonchev–Trinajstić information content (AvgIpc) is 0.811. The molecule has 0 amide bonds. The molecule has 6 heteroatoms. The Morgan fingerprint density at radius 2 is 1.67 bits per heavy atom.